The molecule has 0 aliphatic heterocycles. The second kappa shape index (κ2) is 11.0. The summed E-state index contributed by atoms with van der Waals surface area (Å²) in [6, 6.07) is 8.54. The van der Waals surface area contributed by atoms with Crippen molar-refractivity contribution in [2.75, 3.05) is 20.6 Å². The van der Waals surface area contributed by atoms with Crippen LogP contribution in [0.4, 0.5) is 0 Å². The van der Waals surface area contributed by atoms with E-state index in [1.54, 1.807) is 11.0 Å². The van der Waals surface area contributed by atoms with Gasteiger partial charge >= 0.3 is 0 Å². The highest BCUT2D eigenvalue weighted by Gasteiger charge is 2.03. The first-order chi connectivity index (χ1) is 11.6. The normalized spacial score (nSPS) is 11.3. The zero-order chi connectivity index (χ0) is 17.4. The number of rotatable bonds is 7. The molecule has 1 aromatic heterocycles. The molecule has 2 N–H and O–H groups in total. The number of hydrogen-bond acceptors (Lipinski definition) is 4. The Kier molecular flexibility index (Phi) is 9.43. The lowest BCUT2D eigenvalue weighted by molar-refractivity contribution is 0.402. The van der Waals surface area contributed by atoms with E-state index in [0.717, 1.165) is 24.9 Å². The number of aromatic nitrogens is 3. The Balaban J connectivity index is 0.00000312. The highest BCUT2D eigenvalue weighted by molar-refractivity contribution is 14.0. The van der Waals surface area contributed by atoms with Gasteiger partial charge in [-0.05, 0) is 32.1 Å². The molecule has 0 unspecified atom stereocenters. The van der Waals surface area contributed by atoms with Crippen LogP contribution in [0, 0.1) is 0 Å². The smallest absolute Gasteiger partial charge is 0.191 e. The fourth-order valence-electron chi connectivity index (χ4n) is 2.35. The van der Waals surface area contributed by atoms with Crippen LogP contribution in [0.3, 0.4) is 0 Å². The van der Waals surface area contributed by atoms with Crippen molar-refractivity contribution in [3.63, 3.8) is 0 Å². The first-order valence-corrected chi connectivity index (χ1v) is 8.16. The van der Waals surface area contributed by atoms with E-state index < -0.39 is 0 Å². The maximum atomic E-state index is 4.66. The van der Waals surface area contributed by atoms with Crippen molar-refractivity contribution in [1.29, 1.82) is 0 Å². The zero-order valence-electron chi connectivity index (χ0n) is 15.4. The molecule has 0 amide bonds. The van der Waals surface area contributed by atoms with Gasteiger partial charge in [-0.15, -0.1) is 24.0 Å². The quantitative estimate of drug-likeness (QED) is 0.377. The highest BCUT2D eigenvalue weighted by Crippen LogP contribution is 2.08. The summed E-state index contributed by atoms with van der Waals surface area (Å²) in [4.78, 5) is 11.0. The molecule has 0 bridgehead atoms. The number of nitrogens with one attached hydrogen (secondary N) is 2. The third-order valence-electron chi connectivity index (χ3n) is 3.47. The first kappa shape index (κ1) is 21.4. The van der Waals surface area contributed by atoms with Gasteiger partial charge in [0.2, 0.25) is 0 Å². The van der Waals surface area contributed by atoms with Gasteiger partial charge in [0.25, 0.3) is 0 Å². The average molecular weight is 457 g/mol. The van der Waals surface area contributed by atoms with E-state index in [2.05, 4.69) is 75.9 Å². The predicted octanol–water partition coefficient (Wildman–Crippen LogP) is 1.75. The summed E-state index contributed by atoms with van der Waals surface area (Å²) in [5.41, 5.74) is 2.50. The minimum atomic E-state index is 0. The maximum absolute atomic E-state index is 4.66. The molecule has 0 aliphatic carbocycles. The van der Waals surface area contributed by atoms with E-state index in [1.807, 2.05) is 7.05 Å². The number of aryl methyl sites for hydroxylation is 1. The minimum Gasteiger partial charge on any atom is -0.357 e. The van der Waals surface area contributed by atoms with Crippen LogP contribution in [0.2, 0.25) is 0 Å². The fourth-order valence-corrected chi connectivity index (χ4v) is 2.35. The standard InChI is InChI=1S/C17H27N7.HI/c1-5-18-17(20-11-16-21-13-22-24(16)4)19-10-14-7-6-8-15(9-14)12-23(2)3;/h6-9,13H,5,10-12H2,1-4H3,(H2,18,19,20);1H. The zero-order valence-corrected chi connectivity index (χ0v) is 17.7. The van der Waals surface area contributed by atoms with E-state index >= 15 is 0 Å². The average Bonchev–Trinajstić information content (AvgIpc) is 2.95. The summed E-state index contributed by atoms with van der Waals surface area (Å²) in [6.07, 6.45) is 1.55. The lowest BCUT2D eigenvalue weighted by atomic mass is 10.1. The molecule has 0 atom stereocenters. The molecule has 138 valence electrons. The van der Waals surface area contributed by atoms with Crippen LogP contribution < -0.4 is 10.6 Å². The SMILES string of the molecule is CCNC(=NCc1cccc(CN(C)C)c1)NCc1ncnn1C.I. The molecule has 0 aliphatic rings. The Labute approximate surface area is 166 Å². The van der Waals surface area contributed by atoms with Gasteiger partial charge in [0.05, 0.1) is 13.1 Å². The Morgan fingerprint density at radius 3 is 2.64 bits per heavy atom. The molecule has 8 heteroatoms. The number of nitrogens with zero attached hydrogens (tertiary/aromatic N) is 5. The van der Waals surface area contributed by atoms with Gasteiger partial charge in [0.1, 0.15) is 12.2 Å². The van der Waals surface area contributed by atoms with Crippen LogP contribution in [0.15, 0.2) is 35.6 Å². The van der Waals surface area contributed by atoms with Crippen molar-refractivity contribution in [2.45, 2.75) is 26.6 Å². The van der Waals surface area contributed by atoms with Gasteiger partial charge in [-0.3, -0.25) is 4.68 Å². The van der Waals surface area contributed by atoms with E-state index in [1.165, 1.54) is 11.1 Å². The molecular formula is C17H28IN7. The number of benzene rings is 1. The molecule has 1 aromatic carbocycles. The fraction of sp³-hybridized carbons (Fsp3) is 0.471. The minimum absolute atomic E-state index is 0. The largest absolute Gasteiger partial charge is 0.357 e. The number of halogens is 1. The molecule has 2 aromatic rings. The second-order valence-electron chi connectivity index (χ2n) is 5.91. The molecule has 0 fully saturated rings. The lowest BCUT2D eigenvalue weighted by Gasteiger charge is -2.12. The van der Waals surface area contributed by atoms with Crippen LogP contribution in [0.5, 0.6) is 0 Å². The van der Waals surface area contributed by atoms with Crippen LogP contribution >= 0.6 is 24.0 Å². The van der Waals surface area contributed by atoms with Gasteiger partial charge in [0.15, 0.2) is 5.96 Å². The van der Waals surface area contributed by atoms with Crippen molar-refractivity contribution >= 4 is 29.9 Å². The number of hydrogen-bond donors (Lipinski definition) is 2. The van der Waals surface area contributed by atoms with Crippen molar-refractivity contribution < 1.29 is 0 Å². The van der Waals surface area contributed by atoms with Crippen molar-refractivity contribution in [1.82, 2.24) is 30.3 Å². The first-order valence-electron chi connectivity index (χ1n) is 8.16. The lowest BCUT2D eigenvalue weighted by Crippen LogP contribution is -2.37. The highest BCUT2D eigenvalue weighted by atomic mass is 127. The monoisotopic (exact) mass is 457 g/mol. The number of aliphatic imine (C=N–C) groups is 1. The molecule has 25 heavy (non-hydrogen) atoms. The summed E-state index contributed by atoms with van der Waals surface area (Å²) >= 11 is 0. The Morgan fingerprint density at radius 2 is 2.00 bits per heavy atom. The molecule has 0 spiro atoms. The number of guanidine groups is 1. The van der Waals surface area contributed by atoms with E-state index in [4.69, 9.17) is 0 Å². The molecule has 1 heterocycles. The van der Waals surface area contributed by atoms with Gasteiger partial charge in [-0.25, -0.2) is 9.98 Å². The van der Waals surface area contributed by atoms with E-state index in [0.29, 0.717) is 13.1 Å². The summed E-state index contributed by atoms with van der Waals surface area (Å²) < 4.78 is 1.75. The van der Waals surface area contributed by atoms with E-state index in [-0.39, 0.29) is 24.0 Å². The second-order valence-corrected chi connectivity index (χ2v) is 5.91. The molecular weight excluding hydrogens is 429 g/mol. The Bertz CT molecular complexity index is 667. The van der Waals surface area contributed by atoms with Gasteiger partial charge < -0.3 is 15.5 Å². The summed E-state index contributed by atoms with van der Waals surface area (Å²) in [5, 5.41) is 10.6. The molecule has 0 saturated carbocycles. The topological polar surface area (TPSA) is 70.4 Å². The van der Waals surface area contributed by atoms with E-state index in [9.17, 15) is 0 Å². The van der Waals surface area contributed by atoms with Crippen LogP contribution in [0.25, 0.3) is 0 Å². The molecule has 0 saturated heterocycles. The Hall–Kier alpha value is -1.68. The molecule has 0 radical (unpaired) electrons. The van der Waals surface area contributed by atoms with Crippen molar-refractivity contribution in [2.24, 2.45) is 12.0 Å². The summed E-state index contributed by atoms with van der Waals surface area (Å²) in [7, 11) is 6.03. The van der Waals surface area contributed by atoms with Crippen LogP contribution in [0.1, 0.15) is 23.9 Å². The van der Waals surface area contributed by atoms with Crippen molar-refractivity contribution in [3.05, 3.63) is 47.5 Å². The van der Waals surface area contributed by atoms with Gasteiger partial charge in [-0.1, -0.05) is 24.3 Å². The third kappa shape index (κ3) is 7.39. The van der Waals surface area contributed by atoms with Crippen LogP contribution in [-0.4, -0.2) is 46.3 Å². The predicted molar refractivity (Wildman–Crippen MR) is 112 cm³/mol. The van der Waals surface area contributed by atoms with Crippen molar-refractivity contribution in [3.8, 4) is 0 Å². The Morgan fingerprint density at radius 1 is 1.24 bits per heavy atom. The van der Waals surface area contributed by atoms with Gasteiger partial charge in [0, 0.05) is 20.1 Å². The summed E-state index contributed by atoms with van der Waals surface area (Å²) in [6.45, 7) is 5.02. The molecule has 7 nitrogen and oxygen atoms in total. The third-order valence-corrected chi connectivity index (χ3v) is 3.47. The van der Waals surface area contributed by atoms with Crippen LogP contribution in [-0.2, 0) is 26.7 Å². The maximum Gasteiger partial charge on any atom is 0.191 e. The van der Waals surface area contributed by atoms with Gasteiger partial charge in [-0.2, -0.15) is 5.10 Å². The summed E-state index contributed by atoms with van der Waals surface area (Å²) in [5.74, 6) is 1.65. The molecule has 2 rings (SSSR count).